The lowest BCUT2D eigenvalue weighted by Gasteiger charge is -2.27. The van der Waals surface area contributed by atoms with Crippen LogP contribution in [0.2, 0.25) is 0 Å². The number of nitrogens with one attached hydrogen (secondary N) is 2. The number of rotatable bonds is 4. The second-order valence-electron chi connectivity index (χ2n) is 6.20. The summed E-state index contributed by atoms with van der Waals surface area (Å²) in [5.41, 5.74) is 1.30. The van der Waals surface area contributed by atoms with Crippen LogP contribution in [0, 0.1) is 6.92 Å². The highest BCUT2D eigenvalue weighted by atomic mass is 15.1. The molecule has 0 spiro atoms. The summed E-state index contributed by atoms with van der Waals surface area (Å²) in [6, 6.07) is 0. The Morgan fingerprint density at radius 3 is 2.21 bits per heavy atom. The van der Waals surface area contributed by atoms with E-state index < -0.39 is 0 Å². The van der Waals surface area contributed by atoms with Gasteiger partial charge in [0.15, 0.2) is 0 Å². The summed E-state index contributed by atoms with van der Waals surface area (Å²) < 4.78 is 0. The van der Waals surface area contributed by atoms with Crippen molar-refractivity contribution in [3.05, 3.63) is 11.4 Å². The lowest BCUT2D eigenvalue weighted by molar-refractivity contribution is 0.529. The quantitative estimate of drug-likeness (QED) is 0.868. The molecular formula is C15H26N4. The topological polar surface area (TPSA) is 49.8 Å². The van der Waals surface area contributed by atoms with Crippen LogP contribution < -0.4 is 10.6 Å². The molecule has 4 nitrogen and oxygen atoms in total. The molecule has 2 N–H and O–H groups in total. The molecule has 1 aromatic rings. The third kappa shape index (κ3) is 2.99. The molecule has 0 unspecified atom stereocenters. The molecule has 1 aromatic heterocycles. The molecule has 2 rings (SSSR count). The van der Waals surface area contributed by atoms with Crippen molar-refractivity contribution >= 4 is 11.6 Å². The first kappa shape index (κ1) is 14.1. The van der Waals surface area contributed by atoms with Gasteiger partial charge in [-0.05, 0) is 26.7 Å². The predicted octanol–water partition coefficient (Wildman–Crippen LogP) is 3.69. The SMILES string of the molecule is CNc1nc(C(C)C)nc(NC2(C)CCCC2)c1C. The monoisotopic (exact) mass is 262 g/mol. The van der Waals surface area contributed by atoms with Crippen molar-refractivity contribution in [1.29, 1.82) is 0 Å². The van der Waals surface area contributed by atoms with Crippen LogP contribution in [0.15, 0.2) is 0 Å². The predicted molar refractivity (Wildman–Crippen MR) is 80.9 cm³/mol. The third-order valence-corrected chi connectivity index (χ3v) is 4.04. The van der Waals surface area contributed by atoms with Gasteiger partial charge in [-0.1, -0.05) is 26.7 Å². The van der Waals surface area contributed by atoms with Crippen LogP contribution in [0.4, 0.5) is 11.6 Å². The van der Waals surface area contributed by atoms with Crippen molar-refractivity contribution < 1.29 is 0 Å². The zero-order valence-corrected chi connectivity index (χ0v) is 12.8. The second-order valence-corrected chi connectivity index (χ2v) is 6.20. The molecule has 19 heavy (non-hydrogen) atoms. The summed E-state index contributed by atoms with van der Waals surface area (Å²) >= 11 is 0. The highest BCUT2D eigenvalue weighted by molar-refractivity contribution is 5.58. The Balaban J connectivity index is 2.35. The second kappa shape index (κ2) is 5.35. The molecule has 106 valence electrons. The van der Waals surface area contributed by atoms with Crippen molar-refractivity contribution in [2.45, 2.75) is 64.8 Å². The summed E-state index contributed by atoms with van der Waals surface area (Å²) in [4.78, 5) is 9.31. The van der Waals surface area contributed by atoms with Gasteiger partial charge in [-0.15, -0.1) is 0 Å². The Hall–Kier alpha value is -1.32. The molecule has 1 aliphatic carbocycles. The zero-order chi connectivity index (χ0) is 14.0. The van der Waals surface area contributed by atoms with Gasteiger partial charge in [0.1, 0.15) is 17.5 Å². The van der Waals surface area contributed by atoms with Crippen LogP contribution in [0.25, 0.3) is 0 Å². The number of aromatic nitrogens is 2. The van der Waals surface area contributed by atoms with E-state index in [4.69, 9.17) is 4.98 Å². The standard InChI is InChI=1S/C15H26N4/c1-10(2)12-17-13(16-5)11(3)14(18-12)19-15(4)8-6-7-9-15/h10H,6-9H2,1-5H3,(H2,16,17,18,19). The van der Waals surface area contributed by atoms with Crippen molar-refractivity contribution in [2.24, 2.45) is 0 Å². The molecule has 1 fully saturated rings. The van der Waals surface area contributed by atoms with Crippen LogP contribution in [0.1, 0.15) is 63.8 Å². The van der Waals surface area contributed by atoms with Gasteiger partial charge in [-0.25, -0.2) is 9.97 Å². The summed E-state index contributed by atoms with van der Waals surface area (Å²) in [5.74, 6) is 3.17. The molecule has 0 aliphatic heterocycles. The zero-order valence-electron chi connectivity index (χ0n) is 12.8. The first-order valence-electron chi connectivity index (χ1n) is 7.29. The van der Waals surface area contributed by atoms with Gasteiger partial charge in [-0.3, -0.25) is 0 Å². The average Bonchev–Trinajstić information content (AvgIpc) is 2.78. The Kier molecular flexibility index (Phi) is 3.97. The maximum Gasteiger partial charge on any atom is 0.135 e. The normalized spacial score (nSPS) is 17.8. The average molecular weight is 262 g/mol. The summed E-state index contributed by atoms with van der Waals surface area (Å²) in [7, 11) is 1.92. The number of anilines is 2. The van der Waals surface area contributed by atoms with Gasteiger partial charge in [-0.2, -0.15) is 0 Å². The molecule has 0 bridgehead atoms. The molecule has 1 saturated carbocycles. The van der Waals surface area contributed by atoms with E-state index in [1.54, 1.807) is 0 Å². The van der Waals surface area contributed by atoms with Crippen LogP contribution in [0.5, 0.6) is 0 Å². The van der Waals surface area contributed by atoms with E-state index in [1.165, 1.54) is 25.7 Å². The fourth-order valence-electron chi connectivity index (χ4n) is 2.72. The maximum atomic E-state index is 4.73. The molecule has 0 amide bonds. The van der Waals surface area contributed by atoms with E-state index in [1.807, 2.05) is 7.05 Å². The minimum atomic E-state index is 0.193. The minimum Gasteiger partial charge on any atom is -0.373 e. The molecule has 4 heteroatoms. The Morgan fingerprint density at radius 1 is 1.11 bits per heavy atom. The van der Waals surface area contributed by atoms with Crippen molar-refractivity contribution in [2.75, 3.05) is 17.7 Å². The Bertz CT molecular complexity index is 448. The van der Waals surface area contributed by atoms with Crippen LogP contribution >= 0.6 is 0 Å². The maximum absolute atomic E-state index is 4.73. The van der Waals surface area contributed by atoms with E-state index >= 15 is 0 Å². The number of hydrogen-bond donors (Lipinski definition) is 2. The number of hydrogen-bond acceptors (Lipinski definition) is 4. The summed E-state index contributed by atoms with van der Waals surface area (Å²) in [6.07, 6.45) is 5.07. The lowest BCUT2D eigenvalue weighted by atomic mass is 10.0. The molecule has 0 aromatic carbocycles. The lowest BCUT2D eigenvalue weighted by Crippen LogP contribution is -2.32. The third-order valence-electron chi connectivity index (χ3n) is 4.04. The van der Waals surface area contributed by atoms with Gasteiger partial charge in [0, 0.05) is 24.1 Å². The molecule has 1 heterocycles. The van der Waals surface area contributed by atoms with Crippen molar-refractivity contribution in [3.8, 4) is 0 Å². The fourth-order valence-corrected chi connectivity index (χ4v) is 2.72. The van der Waals surface area contributed by atoms with Gasteiger partial charge in [0.05, 0.1) is 0 Å². The Morgan fingerprint density at radius 2 is 1.68 bits per heavy atom. The van der Waals surface area contributed by atoms with Crippen LogP contribution in [-0.4, -0.2) is 22.6 Å². The van der Waals surface area contributed by atoms with Crippen molar-refractivity contribution in [1.82, 2.24) is 9.97 Å². The van der Waals surface area contributed by atoms with Crippen LogP contribution in [-0.2, 0) is 0 Å². The molecular weight excluding hydrogens is 236 g/mol. The summed E-state index contributed by atoms with van der Waals surface area (Å²) in [6.45, 7) is 8.64. The highest BCUT2D eigenvalue weighted by Crippen LogP contribution is 2.34. The number of nitrogens with zero attached hydrogens (tertiary/aromatic N) is 2. The van der Waals surface area contributed by atoms with E-state index in [-0.39, 0.29) is 5.54 Å². The van der Waals surface area contributed by atoms with Crippen molar-refractivity contribution in [3.63, 3.8) is 0 Å². The fraction of sp³-hybridized carbons (Fsp3) is 0.733. The minimum absolute atomic E-state index is 0.193. The first-order valence-corrected chi connectivity index (χ1v) is 7.29. The highest BCUT2D eigenvalue weighted by Gasteiger charge is 2.29. The Labute approximate surface area is 116 Å². The van der Waals surface area contributed by atoms with Gasteiger partial charge in [0.25, 0.3) is 0 Å². The smallest absolute Gasteiger partial charge is 0.135 e. The van der Waals surface area contributed by atoms with E-state index in [9.17, 15) is 0 Å². The van der Waals surface area contributed by atoms with E-state index in [0.29, 0.717) is 5.92 Å². The van der Waals surface area contributed by atoms with Gasteiger partial charge < -0.3 is 10.6 Å². The molecule has 1 aliphatic rings. The van der Waals surface area contributed by atoms with Crippen LogP contribution in [0.3, 0.4) is 0 Å². The van der Waals surface area contributed by atoms with Gasteiger partial charge in [0.2, 0.25) is 0 Å². The molecule has 0 atom stereocenters. The first-order chi connectivity index (χ1) is 8.95. The molecule has 0 saturated heterocycles. The van der Waals surface area contributed by atoms with Gasteiger partial charge >= 0.3 is 0 Å². The molecule has 0 radical (unpaired) electrons. The van der Waals surface area contributed by atoms with E-state index in [2.05, 4.69) is 43.3 Å². The summed E-state index contributed by atoms with van der Waals surface area (Å²) in [5, 5.41) is 6.84. The van der Waals surface area contributed by atoms with E-state index in [0.717, 1.165) is 23.0 Å². The largest absolute Gasteiger partial charge is 0.373 e.